The minimum atomic E-state index is -0.780. The Bertz CT molecular complexity index is 1090. The van der Waals surface area contributed by atoms with Gasteiger partial charge in [-0.2, -0.15) is 0 Å². The summed E-state index contributed by atoms with van der Waals surface area (Å²) in [4.78, 5) is 27.5. The molecule has 0 radical (unpaired) electrons. The lowest BCUT2D eigenvalue weighted by Gasteiger charge is -2.25. The van der Waals surface area contributed by atoms with Crippen LogP contribution in [0.25, 0.3) is 5.76 Å². The van der Waals surface area contributed by atoms with Gasteiger partial charge in [0, 0.05) is 19.2 Å². The fraction of sp³-hybridized carbons (Fsp3) is 0.385. The molecule has 0 spiro atoms. The number of Topliss-reactive ketones (excluding diaryl/α,β-unsaturated/α-hetero) is 1. The van der Waals surface area contributed by atoms with E-state index in [4.69, 9.17) is 18.9 Å². The second-order valence-corrected chi connectivity index (χ2v) is 8.12. The zero-order valence-corrected chi connectivity index (χ0v) is 19.4. The van der Waals surface area contributed by atoms with Crippen LogP contribution in [0.1, 0.15) is 36.9 Å². The Morgan fingerprint density at radius 3 is 2.65 bits per heavy atom. The van der Waals surface area contributed by atoms with Gasteiger partial charge in [0.25, 0.3) is 11.7 Å². The van der Waals surface area contributed by atoms with Crippen LogP contribution in [0, 0.1) is 0 Å². The SMILES string of the molecule is CCCCOc1cccc([C@H]2C(=C(O)c3ccc4c(c3)OCCO4)C(=O)C(=O)N2CCOC)c1. The number of hydrogen-bond acceptors (Lipinski definition) is 7. The lowest BCUT2D eigenvalue weighted by Crippen LogP contribution is -2.32. The number of aliphatic hydroxyl groups excluding tert-OH is 1. The summed E-state index contributed by atoms with van der Waals surface area (Å²) < 4.78 is 22.2. The van der Waals surface area contributed by atoms with E-state index < -0.39 is 17.7 Å². The molecule has 1 N–H and O–H groups in total. The van der Waals surface area contributed by atoms with E-state index >= 15 is 0 Å². The summed E-state index contributed by atoms with van der Waals surface area (Å²) in [6.07, 6.45) is 1.92. The van der Waals surface area contributed by atoms with Crippen LogP contribution in [0.2, 0.25) is 0 Å². The van der Waals surface area contributed by atoms with E-state index in [1.807, 2.05) is 24.3 Å². The highest BCUT2D eigenvalue weighted by Gasteiger charge is 2.46. The van der Waals surface area contributed by atoms with Gasteiger partial charge in [-0.25, -0.2) is 0 Å². The van der Waals surface area contributed by atoms with Gasteiger partial charge in [-0.05, 0) is 42.3 Å². The second kappa shape index (κ2) is 10.6. The summed E-state index contributed by atoms with van der Waals surface area (Å²) in [5.74, 6) is -0.00648. The van der Waals surface area contributed by atoms with Crippen LogP contribution < -0.4 is 14.2 Å². The third-order valence-corrected chi connectivity index (χ3v) is 5.83. The van der Waals surface area contributed by atoms with Gasteiger partial charge in [-0.3, -0.25) is 9.59 Å². The van der Waals surface area contributed by atoms with E-state index in [1.54, 1.807) is 18.2 Å². The summed E-state index contributed by atoms with van der Waals surface area (Å²) in [6, 6.07) is 11.4. The van der Waals surface area contributed by atoms with Crippen LogP contribution in [-0.4, -0.2) is 61.8 Å². The molecule has 1 amide bonds. The average Bonchev–Trinajstić information content (AvgIpc) is 3.12. The van der Waals surface area contributed by atoms with Crippen molar-refractivity contribution < 1.29 is 33.6 Å². The fourth-order valence-electron chi connectivity index (χ4n) is 4.10. The number of ether oxygens (including phenoxy) is 4. The molecule has 8 heteroatoms. The normalized spacial score (nSPS) is 18.9. The van der Waals surface area contributed by atoms with Crippen LogP contribution in [0.3, 0.4) is 0 Å². The maximum Gasteiger partial charge on any atom is 0.295 e. The van der Waals surface area contributed by atoms with Gasteiger partial charge in [-0.1, -0.05) is 25.5 Å². The first-order valence-corrected chi connectivity index (χ1v) is 11.4. The molecule has 1 fully saturated rings. The number of fused-ring (bicyclic) bond motifs is 1. The van der Waals surface area contributed by atoms with E-state index in [0.717, 1.165) is 12.8 Å². The van der Waals surface area contributed by atoms with Crippen molar-refractivity contribution in [3.8, 4) is 17.2 Å². The van der Waals surface area contributed by atoms with Crippen molar-refractivity contribution in [1.82, 2.24) is 4.90 Å². The Balaban J connectivity index is 1.77. The Labute approximate surface area is 198 Å². The van der Waals surface area contributed by atoms with E-state index in [2.05, 4.69) is 6.92 Å². The molecule has 0 unspecified atom stereocenters. The van der Waals surface area contributed by atoms with Crippen LogP contribution in [-0.2, 0) is 14.3 Å². The highest BCUT2D eigenvalue weighted by Crippen LogP contribution is 2.41. The van der Waals surface area contributed by atoms with Crippen molar-refractivity contribution in [2.45, 2.75) is 25.8 Å². The van der Waals surface area contributed by atoms with Crippen molar-refractivity contribution in [2.24, 2.45) is 0 Å². The van der Waals surface area contributed by atoms with Crippen molar-refractivity contribution >= 4 is 17.4 Å². The number of carbonyl (C=O) groups is 2. The van der Waals surface area contributed by atoms with E-state index in [9.17, 15) is 14.7 Å². The molecular weight excluding hydrogens is 438 g/mol. The average molecular weight is 468 g/mol. The van der Waals surface area contributed by atoms with Gasteiger partial charge < -0.3 is 29.0 Å². The standard InChI is InChI=1S/C26H29NO7/c1-3-4-11-32-19-7-5-6-17(15-19)23-22(25(29)26(30)27(23)10-12-31-2)24(28)18-8-9-20-21(16-18)34-14-13-33-20/h5-9,15-16,23,28H,3-4,10-14H2,1-2H3/t23-/m0/s1. The molecule has 8 nitrogen and oxygen atoms in total. The van der Waals surface area contributed by atoms with Crippen LogP contribution in [0.4, 0.5) is 0 Å². The fourth-order valence-corrected chi connectivity index (χ4v) is 4.10. The Morgan fingerprint density at radius 1 is 1.09 bits per heavy atom. The van der Waals surface area contributed by atoms with Crippen molar-refractivity contribution in [3.63, 3.8) is 0 Å². The maximum atomic E-state index is 13.1. The highest BCUT2D eigenvalue weighted by molar-refractivity contribution is 6.46. The predicted octanol–water partition coefficient (Wildman–Crippen LogP) is 3.70. The molecule has 4 rings (SSSR count). The summed E-state index contributed by atoms with van der Waals surface area (Å²) in [5.41, 5.74) is 1.06. The third kappa shape index (κ3) is 4.72. The molecule has 0 bridgehead atoms. The molecule has 2 heterocycles. The maximum absolute atomic E-state index is 13.1. The Morgan fingerprint density at radius 2 is 1.88 bits per heavy atom. The first kappa shape index (κ1) is 23.6. The summed E-state index contributed by atoms with van der Waals surface area (Å²) in [7, 11) is 1.53. The molecule has 0 aliphatic carbocycles. The summed E-state index contributed by atoms with van der Waals surface area (Å²) in [5, 5.41) is 11.2. The minimum absolute atomic E-state index is 0.0171. The number of carbonyl (C=O) groups excluding carboxylic acids is 2. The molecule has 2 aliphatic rings. The number of unbranched alkanes of at least 4 members (excludes halogenated alkanes) is 1. The summed E-state index contributed by atoms with van der Waals surface area (Å²) >= 11 is 0. The lowest BCUT2D eigenvalue weighted by molar-refractivity contribution is -0.140. The van der Waals surface area contributed by atoms with Crippen LogP contribution >= 0.6 is 0 Å². The molecule has 1 saturated heterocycles. The number of rotatable bonds is 9. The zero-order chi connectivity index (χ0) is 24.1. The third-order valence-electron chi connectivity index (χ3n) is 5.83. The van der Waals surface area contributed by atoms with Gasteiger partial charge in [0.05, 0.1) is 24.8 Å². The van der Waals surface area contributed by atoms with Crippen molar-refractivity contribution in [2.75, 3.05) is 40.1 Å². The highest BCUT2D eigenvalue weighted by atomic mass is 16.6. The molecule has 0 aromatic heterocycles. The van der Waals surface area contributed by atoms with E-state index in [0.29, 0.717) is 48.2 Å². The quantitative estimate of drug-likeness (QED) is 0.260. The topological polar surface area (TPSA) is 94.5 Å². The molecule has 2 aromatic rings. The van der Waals surface area contributed by atoms with E-state index in [1.165, 1.54) is 12.0 Å². The van der Waals surface area contributed by atoms with Crippen LogP contribution in [0.15, 0.2) is 48.0 Å². The van der Waals surface area contributed by atoms with E-state index in [-0.39, 0.29) is 24.5 Å². The van der Waals surface area contributed by atoms with Gasteiger partial charge in [0.1, 0.15) is 24.7 Å². The number of methoxy groups -OCH3 is 1. The van der Waals surface area contributed by atoms with Crippen molar-refractivity contribution in [1.29, 1.82) is 0 Å². The smallest absolute Gasteiger partial charge is 0.295 e. The summed E-state index contributed by atoms with van der Waals surface area (Å²) in [6.45, 7) is 3.94. The molecule has 0 saturated carbocycles. The predicted molar refractivity (Wildman–Crippen MR) is 125 cm³/mol. The zero-order valence-electron chi connectivity index (χ0n) is 19.4. The first-order valence-electron chi connectivity index (χ1n) is 11.4. The van der Waals surface area contributed by atoms with Gasteiger partial charge >= 0.3 is 0 Å². The largest absolute Gasteiger partial charge is 0.507 e. The molecular formula is C26H29NO7. The number of nitrogens with zero attached hydrogens (tertiary/aromatic N) is 1. The van der Waals surface area contributed by atoms with Crippen molar-refractivity contribution in [3.05, 3.63) is 59.2 Å². The number of aliphatic hydroxyl groups is 1. The van der Waals surface area contributed by atoms with Gasteiger partial charge in [0.15, 0.2) is 11.5 Å². The lowest BCUT2D eigenvalue weighted by atomic mass is 9.95. The Hall–Kier alpha value is -3.52. The molecule has 2 aliphatic heterocycles. The van der Waals surface area contributed by atoms with Crippen LogP contribution in [0.5, 0.6) is 17.2 Å². The number of amides is 1. The molecule has 34 heavy (non-hydrogen) atoms. The molecule has 1 atom stereocenters. The molecule has 2 aromatic carbocycles. The minimum Gasteiger partial charge on any atom is -0.507 e. The van der Waals surface area contributed by atoms with Gasteiger partial charge in [-0.15, -0.1) is 0 Å². The number of ketones is 1. The number of hydrogen-bond donors (Lipinski definition) is 1. The number of benzene rings is 2. The Kier molecular flexibility index (Phi) is 7.37. The first-order chi connectivity index (χ1) is 16.5. The van der Waals surface area contributed by atoms with Gasteiger partial charge in [0.2, 0.25) is 0 Å². The monoisotopic (exact) mass is 467 g/mol. The number of likely N-dealkylation sites (tertiary alicyclic amines) is 1. The molecule has 180 valence electrons. The second-order valence-electron chi connectivity index (χ2n) is 8.12.